The number of hydrogen-bond acceptors (Lipinski definition) is 4. The zero-order chi connectivity index (χ0) is 16.6. The van der Waals surface area contributed by atoms with E-state index in [0.717, 1.165) is 25.9 Å². The van der Waals surface area contributed by atoms with Gasteiger partial charge in [0, 0.05) is 17.6 Å². The fraction of sp³-hybridized carbons (Fsp3) is 0.562. The van der Waals surface area contributed by atoms with Crippen LogP contribution in [0.15, 0.2) is 23.1 Å². The second-order valence-corrected chi connectivity index (χ2v) is 8.25. The van der Waals surface area contributed by atoms with E-state index in [4.69, 9.17) is 0 Å². The van der Waals surface area contributed by atoms with Gasteiger partial charge < -0.3 is 10.6 Å². The molecule has 1 saturated heterocycles. The number of halogens is 1. The summed E-state index contributed by atoms with van der Waals surface area (Å²) in [4.78, 5) is 12.5. The van der Waals surface area contributed by atoms with Crippen molar-refractivity contribution in [1.29, 1.82) is 0 Å². The van der Waals surface area contributed by atoms with E-state index < -0.39 is 10.0 Å². The third-order valence-electron chi connectivity index (χ3n) is 4.58. The van der Waals surface area contributed by atoms with Gasteiger partial charge in [0.05, 0.1) is 4.90 Å². The van der Waals surface area contributed by atoms with Crippen molar-refractivity contribution >= 4 is 34.0 Å². The van der Waals surface area contributed by atoms with Crippen molar-refractivity contribution in [3.05, 3.63) is 23.8 Å². The molecule has 1 aromatic rings. The van der Waals surface area contributed by atoms with Crippen LogP contribution in [-0.2, 0) is 14.8 Å². The second kappa shape index (κ2) is 7.39. The molecule has 1 aromatic carbocycles. The highest BCUT2D eigenvalue weighted by atomic mass is 35.5. The summed E-state index contributed by atoms with van der Waals surface area (Å²) in [6.07, 6.45) is 1.78. The molecule has 1 unspecified atom stereocenters. The van der Waals surface area contributed by atoms with E-state index in [1.54, 1.807) is 25.1 Å². The molecule has 0 radical (unpaired) electrons. The minimum Gasteiger partial charge on any atom is -0.326 e. The van der Waals surface area contributed by atoms with E-state index in [2.05, 4.69) is 15.4 Å². The summed E-state index contributed by atoms with van der Waals surface area (Å²) in [7, 11) is -3.53. The van der Waals surface area contributed by atoms with Crippen molar-refractivity contribution < 1.29 is 13.2 Å². The summed E-state index contributed by atoms with van der Waals surface area (Å²) >= 11 is 0. The average molecular weight is 374 g/mol. The molecule has 1 aliphatic carbocycles. The Morgan fingerprint density at radius 2 is 1.96 bits per heavy atom. The molecule has 2 fully saturated rings. The first-order valence-electron chi connectivity index (χ1n) is 8.01. The number of nitrogens with one attached hydrogen (secondary N) is 3. The molecule has 8 heteroatoms. The van der Waals surface area contributed by atoms with E-state index in [1.165, 1.54) is 0 Å². The average Bonchev–Trinajstić information content (AvgIpc) is 3.21. The van der Waals surface area contributed by atoms with Crippen molar-refractivity contribution in [2.24, 2.45) is 11.8 Å². The smallest absolute Gasteiger partial charge is 0.241 e. The first-order chi connectivity index (χ1) is 10.9. The number of rotatable bonds is 6. The Balaban J connectivity index is 0.00000208. The van der Waals surface area contributed by atoms with E-state index in [-0.39, 0.29) is 35.2 Å². The lowest BCUT2D eigenvalue weighted by atomic mass is 9.88. The van der Waals surface area contributed by atoms with Gasteiger partial charge in [0.1, 0.15) is 0 Å². The first-order valence-corrected chi connectivity index (χ1v) is 9.50. The lowest BCUT2D eigenvalue weighted by molar-refractivity contribution is -0.121. The molecule has 1 atom stereocenters. The number of hydrogen-bond donors (Lipinski definition) is 3. The first kappa shape index (κ1) is 19.2. The van der Waals surface area contributed by atoms with Gasteiger partial charge >= 0.3 is 0 Å². The highest BCUT2D eigenvalue weighted by Crippen LogP contribution is 2.26. The Bertz CT molecular complexity index is 715. The molecule has 1 aliphatic heterocycles. The van der Waals surface area contributed by atoms with Gasteiger partial charge in [-0.25, -0.2) is 13.1 Å². The number of sulfonamides is 1. The molecule has 6 nitrogen and oxygen atoms in total. The Kier molecular flexibility index (Phi) is 5.91. The zero-order valence-electron chi connectivity index (χ0n) is 13.8. The van der Waals surface area contributed by atoms with E-state index in [0.29, 0.717) is 17.2 Å². The molecule has 24 heavy (non-hydrogen) atoms. The minimum atomic E-state index is -3.53. The molecule has 1 amide bonds. The summed E-state index contributed by atoms with van der Waals surface area (Å²) < 4.78 is 27.5. The number of benzene rings is 1. The summed E-state index contributed by atoms with van der Waals surface area (Å²) in [6, 6.07) is 5.08. The largest absolute Gasteiger partial charge is 0.326 e. The van der Waals surface area contributed by atoms with Crippen LogP contribution < -0.4 is 15.4 Å². The maximum atomic E-state index is 12.4. The fourth-order valence-electron chi connectivity index (χ4n) is 2.59. The van der Waals surface area contributed by atoms with Gasteiger partial charge in [-0.05, 0) is 56.5 Å². The van der Waals surface area contributed by atoms with E-state index >= 15 is 0 Å². The predicted octanol–water partition coefficient (Wildman–Crippen LogP) is 1.65. The Morgan fingerprint density at radius 1 is 1.29 bits per heavy atom. The maximum Gasteiger partial charge on any atom is 0.241 e. The normalized spacial score (nSPS) is 19.1. The number of anilines is 1. The van der Waals surface area contributed by atoms with Crippen molar-refractivity contribution in [2.45, 2.75) is 37.6 Å². The molecule has 3 N–H and O–H groups in total. The van der Waals surface area contributed by atoms with Gasteiger partial charge in [-0.15, -0.1) is 12.4 Å². The van der Waals surface area contributed by atoms with Gasteiger partial charge in [0.15, 0.2) is 0 Å². The van der Waals surface area contributed by atoms with Crippen LogP contribution in [-0.4, -0.2) is 33.5 Å². The van der Waals surface area contributed by atoms with Crippen LogP contribution in [0.5, 0.6) is 0 Å². The molecular formula is C16H24ClN3O3S. The third kappa shape index (κ3) is 4.27. The summed E-state index contributed by atoms with van der Waals surface area (Å²) in [5.74, 6) is 0.182. The van der Waals surface area contributed by atoms with Gasteiger partial charge in [0.25, 0.3) is 0 Å². The highest BCUT2D eigenvalue weighted by molar-refractivity contribution is 7.89. The highest BCUT2D eigenvalue weighted by Gasteiger charge is 2.30. The van der Waals surface area contributed by atoms with Crippen LogP contribution in [0.3, 0.4) is 0 Å². The van der Waals surface area contributed by atoms with Gasteiger partial charge in [0.2, 0.25) is 15.9 Å². The van der Waals surface area contributed by atoms with Crippen molar-refractivity contribution in [3.63, 3.8) is 0 Å². The number of amides is 1. The standard InChI is InChI=1S/C16H23N3O3S.ClH/c1-10-3-4-14(18-16(20)11(2)12-8-17-9-12)7-15(10)23(21,22)19-13-5-6-13;/h3-4,7,11-13,17,19H,5-6,8-9H2,1-2H3,(H,18,20);1H. The van der Waals surface area contributed by atoms with Gasteiger partial charge in [-0.1, -0.05) is 13.0 Å². The molecule has 0 spiro atoms. The van der Waals surface area contributed by atoms with Crippen molar-refractivity contribution in [2.75, 3.05) is 18.4 Å². The van der Waals surface area contributed by atoms with Gasteiger partial charge in [-0.3, -0.25) is 4.79 Å². The van der Waals surface area contributed by atoms with Crippen LogP contribution >= 0.6 is 12.4 Å². The van der Waals surface area contributed by atoms with Crippen molar-refractivity contribution in [1.82, 2.24) is 10.0 Å². The fourth-order valence-corrected chi connectivity index (χ4v) is 4.16. The van der Waals surface area contributed by atoms with Crippen LogP contribution in [0.1, 0.15) is 25.3 Å². The Morgan fingerprint density at radius 3 is 2.50 bits per heavy atom. The molecule has 1 saturated carbocycles. The van der Waals surface area contributed by atoms with Gasteiger partial charge in [-0.2, -0.15) is 0 Å². The molecular weight excluding hydrogens is 350 g/mol. The number of aryl methyl sites for hydroxylation is 1. The van der Waals surface area contributed by atoms with Crippen LogP contribution in [0.4, 0.5) is 5.69 Å². The summed E-state index contributed by atoms with van der Waals surface area (Å²) in [6.45, 7) is 5.37. The van der Waals surface area contributed by atoms with E-state index in [9.17, 15) is 13.2 Å². The number of carbonyl (C=O) groups is 1. The van der Waals surface area contributed by atoms with Crippen LogP contribution in [0, 0.1) is 18.8 Å². The zero-order valence-corrected chi connectivity index (χ0v) is 15.5. The third-order valence-corrected chi connectivity index (χ3v) is 6.24. The topological polar surface area (TPSA) is 87.3 Å². The monoisotopic (exact) mass is 373 g/mol. The minimum absolute atomic E-state index is 0. The Hall–Kier alpha value is -1.15. The second-order valence-electron chi connectivity index (χ2n) is 6.57. The SMILES string of the molecule is Cc1ccc(NC(=O)C(C)C2CNC2)cc1S(=O)(=O)NC1CC1.Cl. The maximum absolute atomic E-state index is 12.4. The summed E-state index contributed by atoms with van der Waals surface area (Å²) in [5.41, 5.74) is 1.20. The molecule has 1 heterocycles. The predicted molar refractivity (Wildman–Crippen MR) is 95.9 cm³/mol. The lowest BCUT2D eigenvalue weighted by Gasteiger charge is -2.31. The Labute approximate surface area is 149 Å². The van der Waals surface area contributed by atoms with Crippen molar-refractivity contribution in [3.8, 4) is 0 Å². The molecule has 134 valence electrons. The molecule has 2 aliphatic rings. The van der Waals surface area contributed by atoms with E-state index in [1.807, 2.05) is 6.92 Å². The summed E-state index contributed by atoms with van der Waals surface area (Å²) in [5, 5.41) is 5.99. The lowest BCUT2D eigenvalue weighted by Crippen LogP contribution is -2.48. The molecule has 3 rings (SSSR count). The van der Waals surface area contributed by atoms with Crippen LogP contribution in [0.2, 0.25) is 0 Å². The molecule has 0 bridgehead atoms. The quantitative estimate of drug-likeness (QED) is 0.707. The van der Waals surface area contributed by atoms with Crippen LogP contribution in [0.25, 0.3) is 0 Å². The number of carbonyl (C=O) groups excluding carboxylic acids is 1. The molecule has 0 aromatic heterocycles.